The predicted molar refractivity (Wildman–Crippen MR) is 52.8 cm³/mol. The number of nitrogens with one attached hydrogen (secondary N) is 1. The van der Waals surface area contributed by atoms with Gasteiger partial charge in [0, 0.05) is 11.9 Å². The van der Waals surface area contributed by atoms with E-state index in [1.807, 2.05) is 20.8 Å². The van der Waals surface area contributed by atoms with Gasteiger partial charge in [0.1, 0.15) is 5.60 Å². The van der Waals surface area contributed by atoms with Crippen molar-refractivity contribution in [2.24, 2.45) is 0 Å². The van der Waals surface area contributed by atoms with Crippen LogP contribution in [0.3, 0.4) is 0 Å². The third-order valence-electron chi connectivity index (χ3n) is 1.57. The van der Waals surface area contributed by atoms with E-state index in [1.54, 1.807) is 12.5 Å². The Labute approximate surface area is 83.7 Å². The van der Waals surface area contributed by atoms with Gasteiger partial charge in [-0.3, -0.25) is 4.79 Å². The summed E-state index contributed by atoms with van der Waals surface area (Å²) in [4.78, 5) is 18.1. The van der Waals surface area contributed by atoms with E-state index in [-0.39, 0.29) is 5.97 Å². The van der Waals surface area contributed by atoms with Gasteiger partial charge in [-0.05, 0) is 27.2 Å². The number of hydrogen-bond donors (Lipinski definition) is 1. The highest BCUT2D eigenvalue weighted by molar-refractivity contribution is 5.70. The van der Waals surface area contributed by atoms with Gasteiger partial charge >= 0.3 is 5.97 Å². The lowest BCUT2D eigenvalue weighted by Gasteiger charge is -2.19. The van der Waals surface area contributed by atoms with Crippen LogP contribution in [0.5, 0.6) is 0 Å². The number of H-pyrrole nitrogens is 1. The van der Waals surface area contributed by atoms with Gasteiger partial charge < -0.3 is 9.72 Å². The van der Waals surface area contributed by atoms with E-state index in [1.165, 1.54) is 0 Å². The van der Waals surface area contributed by atoms with Gasteiger partial charge in [0.15, 0.2) is 0 Å². The van der Waals surface area contributed by atoms with E-state index in [0.717, 1.165) is 5.69 Å². The van der Waals surface area contributed by atoms with E-state index in [4.69, 9.17) is 4.74 Å². The van der Waals surface area contributed by atoms with Crippen molar-refractivity contribution >= 4 is 5.97 Å². The molecule has 0 amide bonds. The number of carbonyl (C=O) groups is 1. The highest BCUT2D eigenvalue weighted by Gasteiger charge is 2.15. The summed E-state index contributed by atoms with van der Waals surface area (Å²) >= 11 is 0. The van der Waals surface area contributed by atoms with Crippen molar-refractivity contribution in [2.45, 2.75) is 39.2 Å². The Kier molecular flexibility index (Phi) is 3.28. The van der Waals surface area contributed by atoms with Crippen molar-refractivity contribution in [3.63, 3.8) is 0 Å². The summed E-state index contributed by atoms with van der Waals surface area (Å²) in [7, 11) is 0. The van der Waals surface area contributed by atoms with E-state index >= 15 is 0 Å². The first-order chi connectivity index (χ1) is 6.47. The molecule has 0 spiro atoms. The van der Waals surface area contributed by atoms with Crippen LogP contribution in [-0.2, 0) is 16.0 Å². The lowest BCUT2D eigenvalue weighted by Crippen LogP contribution is -2.24. The largest absolute Gasteiger partial charge is 0.460 e. The summed E-state index contributed by atoms with van der Waals surface area (Å²) in [6.45, 7) is 5.59. The summed E-state index contributed by atoms with van der Waals surface area (Å²) in [5.41, 5.74) is 0.557. The Morgan fingerprint density at radius 2 is 2.29 bits per heavy atom. The second kappa shape index (κ2) is 4.26. The van der Waals surface area contributed by atoms with Crippen molar-refractivity contribution in [1.29, 1.82) is 0 Å². The Hall–Kier alpha value is -1.32. The molecule has 4 heteroatoms. The highest BCUT2D eigenvalue weighted by atomic mass is 16.6. The molecule has 1 rings (SSSR count). The van der Waals surface area contributed by atoms with Crippen LogP contribution >= 0.6 is 0 Å². The van der Waals surface area contributed by atoms with Gasteiger partial charge in [-0.2, -0.15) is 0 Å². The molecule has 0 saturated carbocycles. The number of ether oxygens (including phenoxy) is 1. The fourth-order valence-corrected chi connectivity index (χ4v) is 1.05. The minimum Gasteiger partial charge on any atom is -0.460 e. The minimum atomic E-state index is -0.398. The summed E-state index contributed by atoms with van der Waals surface area (Å²) in [5, 5.41) is 0. The number of carbonyl (C=O) groups excluding carboxylic acids is 1. The molecule has 4 nitrogen and oxygen atoms in total. The summed E-state index contributed by atoms with van der Waals surface area (Å²) in [6, 6.07) is 0. The molecule has 0 atom stereocenters. The van der Waals surface area contributed by atoms with Gasteiger partial charge in [-0.15, -0.1) is 0 Å². The molecule has 1 aromatic heterocycles. The van der Waals surface area contributed by atoms with Crippen LogP contribution in [0.1, 0.15) is 32.9 Å². The number of imidazole rings is 1. The monoisotopic (exact) mass is 196 g/mol. The number of esters is 1. The molecule has 0 aromatic carbocycles. The zero-order valence-electron chi connectivity index (χ0n) is 8.83. The van der Waals surface area contributed by atoms with E-state index in [2.05, 4.69) is 9.97 Å². The topological polar surface area (TPSA) is 55.0 Å². The molecule has 0 unspecified atom stereocenters. The molecule has 0 radical (unpaired) electrons. The smallest absolute Gasteiger partial charge is 0.306 e. The van der Waals surface area contributed by atoms with Gasteiger partial charge in [0.05, 0.1) is 12.7 Å². The molecule has 0 aliphatic heterocycles. The maximum Gasteiger partial charge on any atom is 0.306 e. The maximum absolute atomic E-state index is 11.3. The standard InChI is InChI=1S/C10H16N2O2/c1-10(2,3)14-9(13)5-4-8-6-11-7-12-8/h6-7H,4-5H2,1-3H3,(H,11,12). The molecule has 1 heterocycles. The Bertz CT molecular complexity index is 286. The van der Waals surface area contributed by atoms with E-state index < -0.39 is 5.60 Å². The van der Waals surface area contributed by atoms with Crippen LogP contribution < -0.4 is 0 Å². The number of aromatic nitrogens is 2. The average Bonchev–Trinajstić information content (AvgIpc) is 2.49. The number of nitrogens with zero attached hydrogens (tertiary/aromatic N) is 1. The highest BCUT2D eigenvalue weighted by Crippen LogP contribution is 2.09. The van der Waals surface area contributed by atoms with Crippen molar-refractivity contribution in [3.05, 3.63) is 18.2 Å². The minimum absolute atomic E-state index is 0.174. The Morgan fingerprint density at radius 1 is 1.57 bits per heavy atom. The molecule has 0 fully saturated rings. The lowest BCUT2D eigenvalue weighted by molar-refractivity contribution is -0.154. The second-order valence-electron chi connectivity index (χ2n) is 4.16. The molecule has 78 valence electrons. The second-order valence-corrected chi connectivity index (χ2v) is 4.16. The first kappa shape index (κ1) is 10.8. The molecular weight excluding hydrogens is 180 g/mol. The Balaban J connectivity index is 2.29. The molecular formula is C10H16N2O2. The van der Waals surface area contributed by atoms with Crippen molar-refractivity contribution < 1.29 is 9.53 Å². The average molecular weight is 196 g/mol. The summed E-state index contributed by atoms with van der Waals surface area (Å²) in [5.74, 6) is -0.174. The van der Waals surface area contributed by atoms with Crippen molar-refractivity contribution in [3.8, 4) is 0 Å². The summed E-state index contributed by atoms with van der Waals surface area (Å²) in [6.07, 6.45) is 4.35. The van der Waals surface area contributed by atoms with Gasteiger partial charge in [-0.1, -0.05) is 0 Å². The zero-order chi connectivity index (χ0) is 10.6. The normalized spacial score (nSPS) is 11.4. The van der Waals surface area contributed by atoms with E-state index in [9.17, 15) is 4.79 Å². The molecule has 1 aromatic rings. The number of aromatic amines is 1. The number of aryl methyl sites for hydroxylation is 1. The van der Waals surface area contributed by atoms with Crippen molar-refractivity contribution in [2.75, 3.05) is 0 Å². The number of hydrogen-bond acceptors (Lipinski definition) is 3. The van der Waals surface area contributed by atoms with Crippen molar-refractivity contribution in [1.82, 2.24) is 9.97 Å². The molecule has 0 bridgehead atoms. The first-order valence-corrected chi connectivity index (χ1v) is 4.66. The third-order valence-corrected chi connectivity index (χ3v) is 1.57. The quantitative estimate of drug-likeness (QED) is 0.748. The summed E-state index contributed by atoms with van der Waals surface area (Å²) < 4.78 is 5.16. The van der Waals surface area contributed by atoms with Crippen LogP contribution in [0.4, 0.5) is 0 Å². The lowest BCUT2D eigenvalue weighted by atomic mass is 10.2. The Morgan fingerprint density at radius 3 is 2.79 bits per heavy atom. The first-order valence-electron chi connectivity index (χ1n) is 4.66. The SMILES string of the molecule is CC(C)(C)OC(=O)CCc1cnc[nH]1. The molecule has 0 aliphatic rings. The number of rotatable bonds is 3. The third kappa shape index (κ3) is 4.07. The predicted octanol–water partition coefficient (Wildman–Crippen LogP) is 1.68. The van der Waals surface area contributed by atoms with Crippen LogP contribution in [0.2, 0.25) is 0 Å². The van der Waals surface area contributed by atoms with Crippen LogP contribution in [0, 0.1) is 0 Å². The maximum atomic E-state index is 11.3. The van der Waals surface area contributed by atoms with Gasteiger partial charge in [0.25, 0.3) is 0 Å². The van der Waals surface area contributed by atoms with E-state index in [0.29, 0.717) is 12.8 Å². The van der Waals surface area contributed by atoms with Crippen LogP contribution in [-0.4, -0.2) is 21.5 Å². The van der Waals surface area contributed by atoms with Gasteiger partial charge in [-0.25, -0.2) is 4.98 Å². The van der Waals surface area contributed by atoms with Crippen LogP contribution in [0.25, 0.3) is 0 Å². The fourth-order valence-electron chi connectivity index (χ4n) is 1.05. The van der Waals surface area contributed by atoms with Gasteiger partial charge in [0.2, 0.25) is 0 Å². The fraction of sp³-hybridized carbons (Fsp3) is 0.600. The van der Waals surface area contributed by atoms with Crippen LogP contribution in [0.15, 0.2) is 12.5 Å². The molecule has 0 aliphatic carbocycles. The molecule has 0 saturated heterocycles. The zero-order valence-corrected chi connectivity index (χ0v) is 8.83. The molecule has 1 N–H and O–H groups in total. The molecule has 14 heavy (non-hydrogen) atoms.